The Labute approximate surface area is 147 Å². The van der Waals surface area contributed by atoms with Gasteiger partial charge in [0.15, 0.2) is 10.9 Å². The first-order valence-electron chi connectivity index (χ1n) is 8.33. The molecule has 1 heterocycles. The van der Waals surface area contributed by atoms with E-state index in [1.807, 2.05) is 45.0 Å². The second-order valence-electron chi connectivity index (χ2n) is 6.46. The number of allylic oxidation sites excluding steroid dienone is 1. The topological polar surface area (TPSA) is 47.8 Å². The highest BCUT2D eigenvalue weighted by Crippen LogP contribution is 2.40. The molecule has 5 heteroatoms. The summed E-state index contributed by atoms with van der Waals surface area (Å²) < 4.78 is 2.10. The van der Waals surface area contributed by atoms with Crippen LogP contribution in [0.4, 0.5) is 0 Å². The summed E-state index contributed by atoms with van der Waals surface area (Å²) in [6.45, 7) is 10.4. The molecule has 1 unspecified atom stereocenters. The lowest BCUT2D eigenvalue weighted by molar-refractivity contribution is 0.0993. The highest BCUT2D eigenvalue weighted by atomic mass is 32.2. The molecule has 126 valence electrons. The number of Topliss-reactive ketones (excluding diaryl/α,β-unsaturated/α-hetero) is 1. The highest BCUT2D eigenvalue weighted by Gasteiger charge is 2.31. The van der Waals surface area contributed by atoms with E-state index in [2.05, 4.69) is 21.3 Å². The monoisotopic (exact) mass is 341 g/mol. The van der Waals surface area contributed by atoms with Crippen LogP contribution < -0.4 is 0 Å². The number of carbonyl (C=O) groups excluding carboxylic acids is 1. The molecule has 1 aromatic heterocycles. The number of aromatic nitrogens is 3. The van der Waals surface area contributed by atoms with Gasteiger partial charge in [-0.3, -0.25) is 4.79 Å². The number of aryl methyl sites for hydroxylation is 2. The van der Waals surface area contributed by atoms with Crippen molar-refractivity contribution in [1.82, 2.24) is 14.8 Å². The lowest BCUT2D eigenvalue weighted by atomic mass is 10.0. The van der Waals surface area contributed by atoms with Crippen LogP contribution in [0.5, 0.6) is 0 Å². The molecule has 0 spiro atoms. The van der Waals surface area contributed by atoms with Crippen molar-refractivity contribution in [2.24, 2.45) is 0 Å². The van der Waals surface area contributed by atoms with Gasteiger partial charge in [0, 0.05) is 18.0 Å². The Bertz CT molecular complexity index is 777. The summed E-state index contributed by atoms with van der Waals surface area (Å²) in [5.41, 5.74) is 2.92. The van der Waals surface area contributed by atoms with Gasteiger partial charge in [-0.25, -0.2) is 0 Å². The molecular weight excluding hydrogens is 318 g/mol. The predicted molar refractivity (Wildman–Crippen MR) is 97.8 cm³/mol. The van der Waals surface area contributed by atoms with E-state index in [9.17, 15) is 4.79 Å². The van der Waals surface area contributed by atoms with E-state index in [1.54, 1.807) is 0 Å². The number of thioether (sulfide) groups is 1. The van der Waals surface area contributed by atoms with Gasteiger partial charge >= 0.3 is 0 Å². The number of ketones is 1. The minimum absolute atomic E-state index is 0.141. The summed E-state index contributed by atoms with van der Waals surface area (Å²) in [4.78, 5) is 12.8. The first-order chi connectivity index (χ1) is 11.5. The molecule has 0 bridgehead atoms. The van der Waals surface area contributed by atoms with Crippen LogP contribution in [0.25, 0.3) is 0 Å². The maximum absolute atomic E-state index is 12.8. The van der Waals surface area contributed by atoms with Crippen LogP contribution in [-0.4, -0.2) is 25.8 Å². The zero-order valence-corrected chi connectivity index (χ0v) is 15.3. The van der Waals surface area contributed by atoms with E-state index in [-0.39, 0.29) is 11.0 Å². The summed E-state index contributed by atoms with van der Waals surface area (Å²) in [5.74, 6) is 1.70. The fraction of sp³-hybridized carbons (Fsp3) is 0.421. The zero-order valence-electron chi connectivity index (χ0n) is 14.5. The third-order valence-corrected chi connectivity index (χ3v) is 5.39. The standard InChI is InChI=1S/C19H23N3OS/c1-5-10-22-18(15-8-9-15)20-21-19(22)24-14(4)17(23)16-11-12(2)6-7-13(16)3/h5-7,11,14-15H,1,8-10H2,2-4H3. The molecule has 1 atom stereocenters. The predicted octanol–water partition coefficient (Wildman–Crippen LogP) is 4.32. The zero-order chi connectivity index (χ0) is 17.3. The van der Waals surface area contributed by atoms with E-state index in [0.717, 1.165) is 27.7 Å². The second-order valence-corrected chi connectivity index (χ2v) is 7.76. The fourth-order valence-corrected chi connectivity index (χ4v) is 3.70. The first-order valence-corrected chi connectivity index (χ1v) is 9.21. The Morgan fingerprint density at radius 2 is 2.17 bits per heavy atom. The summed E-state index contributed by atoms with van der Waals surface area (Å²) in [6, 6.07) is 6.01. The Morgan fingerprint density at radius 1 is 1.42 bits per heavy atom. The number of rotatable bonds is 7. The van der Waals surface area contributed by atoms with Crippen LogP contribution in [0.15, 0.2) is 36.0 Å². The normalized spacial score (nSPS) is 15.3. The first kappa shape index (κ1) is 17.0. The molecule has 1 saturated carbocycles. The van der Waals surface area contributed by atoms with Gasteiger partial charge in [-0.2, -0.15) is 0 Å². The molecule has 1 aromatic carbocycles. The van der Waals surface area contributed by atoms with Gasteiger partial charge in [-0.1, -0.05) is 35.5 Å². The third kappa shape index (κ3) is 3.46. The third-order valence-electron chi connectivity index (χ3n) is 4.31. The van der Waals surface area contributed by atoms with Crippen molar-refractivity contribution in [3.8, 4) is 0 Å². The van der Waals surface area contributed by atoms with E-state index in [1.165, 1.54) is 24.6 Å². The molecule has 1 aliphatic rings. The van der Waals surface area contributed by atoms with Crippen molar-refractivity contribution in [3.05, 3.63) is 53.4 Å². The van der Waals surface area contributed by atoms with Gasteiger partial charge < -0.3 is 4.57 Å². The largest absolute Gasteiger partial charge is 0.302 e. The van der Waals surface area contributed by atoms with E-state index >= 15 is 0 Å². The molecular formula is C19H23N3OS. The average molecular weight is 341 g/mol. The van der Waals surface area contributed by atoms with Gasteiger partial charge in [0.1, 0.15) is 5.82 Å². The Balaban J connectivity index is 1.81. The van der Waals surface area contributed by atoms with Crippen molar-refractivity contribution in [2.45, 2.75) is 56.5 Å². The molecule has 0 amide bonds. The lowest BCUT2D eigenvalue weighted by Crippen LogP contribution is -2.16. The molecule has 1 fully saturated rings. The van der Waals surface area contributed by atoms with E-state index in [4.69, 9.17) is 0 Å². The molecule has 0 radical (unpaired) electrons. The Hall–Kier alpha value is -1.88. The summed E-state index contributed by atoms with van der Waals surface area (Å²) in [7, 11) is 0. The summed E-state index contributed by atoms with van der Waals surface area (Å²) >= 11 is 1.49. The molecule has 4 nitrogen and oxygen atoms in total. The van der Waals surface area contributed by atoms with Gasteiger partial charge in [0.2, 0.25) is 0 Å². The maximum atomic E-state index is 12.8. The minimum Gasteiger partial charge on any atom is -0.302 e. The average Bonchev–Trinajstić information content (AvgIpc) is 3.33. The van der Waals surface area contributed by atoms with Crippen molar-refractivity contribution in [2.75, 3.05) is 0 Å². The maximum Gasteiger partial charge on any atom is 0.192 e. The van der Waals surface area contributed by atoms with Crippen molar-refractivity contribution in [1.29, 1.82) is 0 Å². The minimum atomic E-state index is -0.203. The van der Waals surface area contributed by atoms with Gasteiger partial charge in [-0.05, 0) is 45.2 Å². The van der Waals surface area contributed by atoms with Crippen molar-refractivity contribution >= 4 is 17.5 Å². The SMILES string of the molecule is C=CCn1c(SC(C)C(=O)c2cc(C)ccc2C)nnc1C1CC1. The van der Waals surface area contributed by atoms with Crippen molar-refractivity contribution in [3.63, 3.8) is 0 Å². The summed E-state index contributed by atoms with van der Waals surface area (Å²) in [5, 5.41) is 9.28. The molecule has 0 aliphatic heterocycles. The Kier molecular flexibility index (Phi) is 4.90. The molecule has 0 saturated heterocycles. The number of benzene rings is 1. The summed E-state index contributed by atoms with van der Waals surface area (Å²) in [6.07, 6.45) is 4.21. The number of nitrogens with zero attached hydrogens (tertiary/aromatic N) is 3. The smallest absolute Gasteiger partial charge is 0.192 e. The van der Waals surface area contributed by atoms with Gasteiger partial charge in [-0.15, -0.1) is 16.8 Å². The molecule has 3 rings (SSSR count). The van der Waals surface area contributed by atoms with Crippen LogP contribution in [0, 0.1) is 13.8 Å². The van der Waals surface area contributed by atoms with Crippen LogP contribution in [0.3, 0.4) is 0 Å². The number of hydrogen-bond donors (Lipinski definition) is 0. The molecule has 2 aromatic rings. The molecule has 24 heavy (non-hydrogen) atoms. The highest BCUT2D eigenvalue weighted by molar-refractivity contribution is 8.00. The van der Waals surface area contributed by atoms with Crippen LogP contribution in [0.2, 0.25) is 0 Å². The van der Waals surface area contributed by atoms with Crippen LogP contribution >= 0.6 is 11.8 Å². The quantitative estimate of drug-likeness (QED) is 0.427. The fourth-order valence-electron chi connectivity index (χ4n) is 2.76. The van der Waals surface area contributed by atoms with E-state index in [0.29, 0.717) is 12.5 Å². The van der Waals surface area contributed by atoms with Crippen LogP contribution in [-0.2, 0) is 6.54 Å². The lowest BCUT2D eigenvalue weighted by Gasteiger charge is -2.13. The van der Waals surface area contributed by atoms with Crippen molar-refractivity contribution < 1.29 is 4.79 Å². The van der Waals surface area contributed by atoms with E-state index < -0.39 is 0 Å². The van der Waals surface area contributed by atoms with Gasteiger partial charge in [0.25, 0.3) is 0 Å². The Morgan fingerprint density at radius 3 is 2.83 bits per heavy atom. The van der Waals surface area contributed by atoms with Gasteiger partial charge in [0.05, 0.1) is 5.25 Å². The number of hydrogen-bond acceptors (Lipinski definition) is 4. The number of carbonyl (C=O) groups is 1. The second kappa shape index (κ2) is 6.93. The van der Waals surface area contributed by atoms with Crippen LogP contribution in [0.1, 0.15) is 53.0 Å². The molecule has 0 N–H and O–H groups in total. The molecule has 1 aliphatic carbocycles.